The fourth-order valence-electron chi connectivity index (χ4n) is 2.38. The molecule has 0 saturated carbocycles. The van der Waals surface area contributed by atoms with Gasteiger partial charge in [-0.05, 0) is 18.2 Å². The van der Waals surface area contributed by atoms with Crippen LogP contribution in [0.4, 0.5) is 5.95 Å². The monoisotopic (exact) mass is 361 g/mol. The maximum atomic E-state index is 4.61. The summed E-state index contributed by atoms with van der Waals surface area (Å²) in [5, 5.41) is 6.17. The third kappa shape index (κ3) is 3.86. The van der Waals surface area contributed by atoms with Gasteiger partial charge in [0.25, 0.3) is 0 Å². The van der Waals surface area contributed by atoms with Crippen LogP contribution in [-0.4, -0.2) is 36.4 Å². The van der Waals surface area contributed by atoms with Crippen molar-refractivity contribution in [1.29, 1.82) is 0 Å². The summed E-state index contributed by atoms with van der Waals surface area (Å²) in [6, 6.07) is 5.74. The van der Waals surface area contributed by atoms with Gasteiger partial charge in [-0.2, -0.15) is 0 Å². The smallest absolute Gasteiger partial charge is 0.223 e. The maximum absolute atomic E-state index is 4.61. The second kappa shape index (κ2) is 7.75. The second-order valence-electron chi connectivity index (χ2n) is 5.41. The minimum absolute atomic E-state index is 0.601. The third-order valence-electron chi connectivity index (χ3n) is 3.63. The van der Waals surface area contributed by atoms with Gasteiger partial charge >= 0.3 is 0 Å². The number of anilines is 1. The quantitative estimate of drug-likeness (QED) is 0.564. The Balaban J connectivity index is 1.38. The highest BCUT2D eigenvalue weighted by atomic mass is 32.1. The standard InChI is InChI=1S/C18H15N7S/c1-5-19-6-2-13(1)15-4-8-23-18(25-15)22-7-3-14-12-26-17(24-14)16-11-20-9-10-21-16/h1-2,4-6,8-12H,3,7H2,(H,22,23,25). The molecule has 128 valence electrons. The molecular weight excluding hydrogens is 346 g/mol. The van der Waals surface area contributed by atoms with Crippen LogP contribution < -0.4 is 5.32 Å². The van der Waals surface area contributed by atoms with Gasteiger partial charge in [-0.25, -0.2) is 15.0 Å². The van der Waals surface area contributed by atoms with Crippen molar-refractivity contribution < 1.29 is 0 Å². The summed E-state index contributed by atoms with van der Waals surface area (Å²) in [5.41, 5.74) is 3.68. The third-order valence-corrected chi connectivity index (χ3v) is 4.54. The number of nitrogens with one attached hydrogen (secondary N) is 1. The van der Waals surface area contributed by atoms with Crippen LogP contribution in [0.5, 0.6) is 0 Å². The molecule has 4 aromatic rings. The van der Waals surface area contributed by atoms with E-state index in [2.05, 4.69) is 35.2 Å². The van der Waals surface area contributed by atoms with E-state index >= 15 is 0 Å². The molecule has 4 aromatic heterocycles. The van der Waals surface area contributed by atoms with Crippen molar-refractivity contribution in [3.63, 3.8) is 0 Å². The van der Waals surface area contributed by atoms with Crippen molar-refractivity contribution in [2.24, 2.45) is 0 Å². The first-order chi connectivity index (χ1) is 12.9. The van der Waals surface area contributed by atoms with Crippen LogP contribution in [0.1, 0.15) is 5.69 Å². The van der Waals surface area contributed by atoms with Crippen molar-refractivity contribution in [3.8, 4) is 22.0 Å². The first-order valence-electron chi connectivity index (χ1n) is 8.06. The number of hydrogen-bond donors (Lipinski definition) is 1. The Morgan fingerprint density at radius 1 is 0.846 bits per heavy atom. The van der Waals surface area contributed by atoms with Crippen LogP contribution in [0.25, 0.3) is 22.0 Å². The van der Waals surface area contributed by atoms with Crippen LogP contribution >= 0.6 is 11.3 Å². The van der Waals surface area contributed by atoms with Crippen molar-refractivity contribution in [3.05, 3.63) is 66.5 Å². The van der Waals surface area contributed by atoms with Crippen molar-refractivity contribution in [2.45, 2.75) is 6.42 Å². The fraction of sp³-hybridized carbons (Fsp3) is 0.111. The fourth-order valence-corrected chi connectivity index (χ4v) is 3.19. The van der Waals surface area contributed by atoms with E-state index < -0.39 is 0 Å². The number of rotatable bonds is 6. The van der Waals surface area contributed by atoms with Gasteiger partial charge in [0.1, 0.15) is 10.7 Å². The SMILES string of the molecule is c1cc(-c2ccnc(NCCc3csc(-c4cnccn4)n3)n2)ccn1. The Kier molecular flexibility index (Phi) is 4.83. The lowest BCUT2D eigenvalue weighted by molar-refractivity contribution is 0.954. The van der Waals surface area contributed by atoms with Crippen molar-refractivity contribution in [1.82, 2.24) is 29.9 Å². The Hall–Kier alpha value is -3.26. The molecule has 7 nitrogen and oxygen atoms in total. The second-order valence-corrected chi connectivity index (χ2v) is 6.27. The zero-order valence-corrected chi connectivity index (χ0v) is 14.6. The van der Waals surface area contributed by atoms with Crippen LogP contribution in [0.2, 0.25) is 0 Å². The summed E-state index contributed by atoms with van der Waals surface area (Å²) in [7, 11) is 0. The molecule has 0 bridgehead atoms. The Morgan fingerprint density at radius 2 is 1.77 bits per heavy atom. The summed E-state index contributed by atoms with van der Waals surface area (Å²) in [4.78, 5) is 25.8. The molecule has 0 fully saturated rings. The van der Waals surface area contributed by atoms with Crippen LogP contribution in [0.15, 0.2) is 60.8 Å². The van der Waals surface area contributed by atoms with Gasteiger partial charge in [0, 0.05) is 54.9 Å². The van der Waals surface area contributed by atoms with Crippen LogP contribution in [-0.2, 0) is 6.42 Å². The van der Waals surface area contributed by atoms with E-state index in [1.165, 1.54) is 0 Å². The van der Waals surface area contributed by atoms with Crippen LogP contribution in [0.3, 0.4) is 0 Å². The number of thiazole rings is 1. The van der Waals surface area contributed by atoms with Gasteiger partial charge in [-0.3, -0.25) is 15.0 Å². The molecule has 4 heterocycles. The topological polar surface area (TPSA) is 89.4 Å². The van der Waals surface area contributed by atoms with Crippen molar-refractivity contribution >= 4 is 17.3 Å². The average Bonchev–Trinajstić information content (AvgIpc) is 3.19. The van der Waals surface area contributed by atoms with Gasteiger partial charge in [-0.1, -0.05) is 0 Å². The molecule has 0 atom stereocenters. The molecule has 0 aliphatic carbocycles. The molecule has 0 unspecified atom stereocenters. The Morgan fingerprint density at radius 3 is 2.62 bits per heavy atom. The Bertz CT molecular complexity index is 973. The minimum Gasteiger partial charge on any atom is -0.354 e. The molecule has 4 rings (SSSR count). The van der Waals surface area contributed by atoms with Crippen LogP contribution in [0, 0.1) is 0 Å². The van der Waals surface area contributed by atoms with E-state index in [9.17, 15) is 0 Å². The first kappa shape index (κ1) is 16.2. The normalized spacial score (nSPS) is 10.6. The first-order valence-corrected chi connectivity index (χ1v) is 8.94. The molecule has 1 N–H and O–H groups in total. The number of pyridine rings is 1. The average molecular weight is 361 g/mol. The molecule has 0 aromatic carbocycles. The van der Waals surface area contributed by atoms with E-state index in [0.29, 0.717) is 12.5 Å². The molecule has 26 heavy (non-hydrogen) atoms. The van der Waals surface area contributed by atoms with Gasteiger partial charge in [0.2, 0.25) is 5.95 Å². The highest BCUT2D eigenvalue weighted by Crippen LogP contribution is 2.21. The number of nitrogens with zero attached hydrogens (tertiary/aromatic N) is 6. The summed E-state index contributed by atoms with van der Waals surface area (Å²) in [5.74, 6) is 0.601. The molecule has 0 aliphatic rings. The van der Waals surface area contributed by atoms with Gasteiger partial charge in [0.05, 0.1) is 17.6 Å². The summed E-state index contributed by atoms with van der Waals surface area (Å²) in [6.45, 7) is 0.698. The summed E-state index contributed by atoms with van der Waals surface area (Å²) < 4.78 is 0. The lowest BCUT2D eigenvalue weighted by Crippen LogP contribution is -2.08. The molecule has 0 radical (unpaired) electrons. The molecule has 0 aliphatic heterocycles. The molecule has 0 amide bonds. The lowest BCUT2D eigenvalue weighted by atomic mass is 10.2. The zero-order valence-electron chi connectivity index (χ0n) is 13.8. The van der Waals surface area contributed by atoms with Crippen molar-refractivity contribution in [2.75, 3.05) is 11.9 Å². The summed E-state index contributed by atoms with van der Waals surface area (Å²) in [6.07, 6.45) is 11.1. The molecule has 0 saturated heterocycles. The highest BCUT2D eigenvalue weighted by Gasteiger charge is 2.06. The zero-order chi connectivity index (χ0) is 17.6. The molecular formula is C18H15N7S. The predicted molar refractivity (Wildman–Crippen MR) is 101 cm³/mol. The van der Waals surface area contributed by atoms with Gasteiger partial charge in [-0.15, -0.1) is 11.3 Å². The van der Waals surface area contributed by atoms with Gasteiger partial charge < -0.3 is 5.32 Å². The summed E-state index contributed by atoms with van der Waals surface area (Å²) >= 11 is 1.57. The maximum Gasteiger partial charge on any atom is 0.223 e. The van der Waals surface area contributed by atoms with E-state index in [-0.39, 0.29) is 0 Å². The van der Waals surface area contributed by atoms with E-state index in [1.807, 2.05) is 23.6 Å². The molecule has 8 heteroatoms. The van der Waals surface area contributed by atoms with E-state index in [4.69, 9.17) is 0 Å². The minimum atomic E-state index is 0.601. The highest BCUT2D eigenvalue weighted by molar-refractivity contribution is 7.13. The van der Waals surface area contributed by atoms with E-state index in [1.54, 1.807) is 48.5 Å². The number of hydrogen-bond acceptors (Lipinski definition) is 8. The Labute approximate surface area is 154 Å². The molecule has 0 spiro atoms. The predicted octanol–water partition coefficient (Wildman–Crippen LogP) is 3.11. The lowest BCUT2D eigenvalue weighted by Gasteiger charge is -2.05. The van der Waals surface area contributed by atoms with E-state index in [0.717, 1.165) is 34.1 Å². The van der Waals surface area contributed by atoms with Gasteiger partial charge in [0.15, 0.2) is 0 Å². The number of aromatic nitrogens is 6. The largest absolute Gasteiger partial charge is 0.354 e.